The number of nitrogens with zero attached hydrogens (tertiary/aromatic N) is 3. The van der Waals surface area contributed by atoms with Crippen LogP contribution in [-0.2, 0) is 0 Å². The van der Waals surface area contributed by atoms with E-state index in [2.05, 4.69) is 15.4 Å². The van der Waals surface area contributed by atoms with Crippen LogP contribution in [0.5, 0.6) is 5.75 Å². The number of hydrogen-bond donors (Lipinski definition) is 4. The first-order valence-corrected chi connectivity index (χ1v) is 8.56. The third kappa shape index (κ3) is 2.50. The van der Waals surface area contributed by atoms with E-state index in [1.54, 1.807) is 4.57 Å². The maximum absolute atomic E-state index is 14.9. The van der Waals surface area contributed by atoms with Crippen LogP contribution in [-0.4, -0.2) is 30.9 Å². The van der Waals surface area contributed by atoms with Crippen LogP contribution in [0.4, 0.5) is 4.39 Å². The summed E-state index contributed by atoms with van der Waals surface area (Å²) in [6.45, 7) is 3.67. The molecule has 0 atom stereocenters. The number of fused-ring (bicyclic) bond motifs is 1. The fourth-order valence-electron chi connectivity index (χ4n) is 3.61. The van der Waals surface area contributed by atoms with Gasteiger partial charge in [0.25, 0.3) is 0 Å². The van der Waals surface area contributed by atoms with Gasteiger partial charge in [-0.05, 0) is 32.0 Å². The highest BCUT2D eigenvalue weighted by atomic mass is 19.1. The zero-order valence-electron chi connectivity index (χ0n) is 15.2. The molecule has 0 aliphatic carbocycles. The molecule has 4 rings (SSSR count). The van der Waals surface area contributed by atoms with Crippen molar-refractivity contribution in [1.82, 2.24) is 14.8 Å². The number of hydrogen-bond acceptors (Lipinski definition) is 4. The monoisotopic (exact) mass is 379 g/mol. The molecule has 5 N–H and O–H groups in total. The molecule has 0 unspecified atom stereocenters. The van der Waals surface area contributed by atoms with Crippen LogP contribution in [0, 0.1) is 19.7 Å². The number of aromatic amines is 1. The highest BCUT2D eigenvalue weighted by molar-refractivity contribution is 6.15. The summed E-state index contributed by atoms with van der Waals surface area (Å²) in [6.07, 6.45) is 0. The molecule has 0 fully saturated rings. The molecule has 0 radical (unpaired) electrons. The average molecular weight is 379 g/mol. The number of amidine groups is 1. The third-order valence-electron chi connectivity index (χ3n) is 4.78. The van der Waals surface area contributed by atoms with Gasteiger partial charge >= 0.3 is 0 Å². The number of nitrogens with two attached hydrogens (primary N) is 1. The zero-order valence-corrected chi connectivity index (χ0v) is 15.2. The summed E-state index contributed by atoms with van der Waals surface area (Å²) < 4.78 is 16.6. The molecule has 2 heterocycles. The van der Waals surface area contributed by atoms with Gasteiger partial charge in [0.05, 0.1) is 28.2 Å². The SMILES string of the molecule is Cc1n[nH]c(C)c1-c1c(C(N)=NO)c2ccccc2n1-c1ccc(O)cc1F. The Morgan fingerprint density at radius 2 is 1.96 bits per heavy atom. The Bertz CT molecular complexity index is 1220. The zero-order chi connectivity index (χ0) is 20.0. The van der Waals surface area contributed by atoms with Gasteiger partial charge in [0.1, 0.15) is 5.75 Å². The Kier molecular flexibility index (Phi) is 4.03. The van der Waals surface area contributed by atoms with E-state index in [1.807, 2.05) is 38.1 Å². The van der Waals surface area contributed by atoms with Gasteiger partial charge in [0.2, 0.25) is 0 Å². The Labute approximate surface area is 159 Å². The molecule has 8 heteroatoms. The first-order chi connectivity index (χ1) is 13.4. The molecule has 142 valence electrons. The molecule has 2 aromatic carbocycles. The molecule has 0 bridgehead atoms. The van der Waals surface area contributed by atoms with Gasteiger partial charge in [-0.3, -0.25) is 5.10 Å². The van der Waals surface area contributed by atoms with Crippen LogP contribution in [0.2, 0.25) is 0 Å². The minimum atomic E-state index is -0.605. The molecule has 2 aromatic heterocycles. The molecule has 4 aromatic rings. The Morgan fingerprint density at radius 1 is 1.21 bits per heavy atom. The molecule has 7 nitrogen and oxygen atoms in total. The number of nitrogens with one attached hydrogen (secondary N) is 1. The van der Waals surface area contributed by atoms with Crippen LogP contribution in [0.3, 0.4) is 0 Å². The third-order valence-corrected chi connectivity index (χ3v) is 4.78. The molecule has 0 aliphatic rings. The quantitative estimate of drug-likeness (QED) is 0.189. The van der Waals surface area contributed by atoms with Crippen molar-refractivity contribution >= 4 is 16.7 Å². The van der Waals surface area contributed by atoms with E-state index in [1.165, 1.54) is 12.1 Å². The Balaban J connectivity index is 2.25. The van der Waals surface area contributed by atoms with Crippen molar-refractivity contribution in [3.63, 3.8) is 0 Å². The summed E-state index contributed by atoms with van der Waals surface area (Å²) in [5.41, 5.74) is 10.1. The molecule has 0 saturated carbocycles. The van der Waals surface area contributed by atoms with Crippen molar-refractivity contribution in [3.8, 4) is 22.7 Å². The summed E-state index contributed by atoms with van der Waals surface area (Å²) in [5.74, 6) is -0.873. The number of phenols is 1. The second-order valence-electron chi connectivity index (χ2n) is 6.51. The molecule has 0 saturated heterocycles. The maximum atomic E-state index is 14.9. The number of H-pyrrole nitrogens is 1. The van der Waals surface area contributed by atoms with Crippen LogP contribution < -0.4 is 5.73 Å². The van der Waals surface area contributed by atoms with E-state index in [0.29, 0.717) is 27.9 Å². The second kappa shape index (κ2) is 6.41. The van der Waals surface area contributed by atoms with E-state index in [9.17, 15) is 14.7 Å². The van der Waals surface area contributed by atoms with Crippen molar-refractivity contribution in [2.75, 3.05) is 0 Å². The van der Waals surface area contributed by atoms with Crippen molar-refractivity contribution in [2.24, 2.45) is 10.9 Å². The van der Waals surface area contributed by atoms with Crippen molar-refractivity contribution in [3.05, 3.63) is 65.2 Å². The van der Waals surface area contributed by atoms with E-state index >= 15 is 0 Å². The van der Waals surface area contributed by atoms with Gasteiger partial charge in [-0.2, -0.15) is 5.10 Å². The molecule has 0 spiro atoms. The highest BCUT2D eigenvalue weighted by Crippen LogP contribution is 2.39. The number of benzene rings is 2. The number of rotatable bonds is 3. The van der Waals surface area contributed by atoms with E-state index < -0.39 is 5.82 Å². The maximum Gasteiger partial charge on any atom is 0.172 e. The summed E-state index contributed by atoms with van der Waals surface area (Å²) in [4.78, 5) is 0. The number of aromatic hydroxyl groups is 1. The predicted molar refractivity (Wildman–Crippen MR) is 104 cm³/mol. The number of para-hydroxylation sites is 1. The predicted octanol–water partition coefficient (Wildman–Crippen LogP) is 3.58. The van der Waals surface area contributed by atoms with Gasteiger partial charge in [-0.15, -0.1) is 0 Å². The number of halogens is 1. The topological polar surface area (TPSA) is 112 Å². The van der Waals surface area contributed by atoms with Crippen molar-refractivity contribution in [1.29, 1.82) is 0 Å². The minimum Gasteiger partial charge on any atom is -0.508 e. The average Bonchev–Trinajstić information content (AvgIpc) is 3.18. The molecule has 0 amide bonds. The van der Waals surface area contributed by atoms with Gasteiger partial charge in [0.15, 0.2) is 11.7 Å². The van der Waals surface area contributed by atoms with E-state index in [0.717, 1.165) is 17.3 Å². The largest absolute Gasteiger partial charge is 0.508 e. The van der Waals surface area contributed by atoms with Crippen LogP contribution in [0.25, 0.3) is 27.8 Å². The van der Waals surface area contributed by atoms with E-state index in [4.69, 9.17) is 5.73 Å². The number of oxime groups is 1. The van der Waals surface area contributed by atoms with Crippen molar-refractivity contribution in [2.45, 2.75) is 13.8 Å². The number of phenolic OH excluding ortho intramolecular Hbond substituents is 1. The Hall–Kier alpha value is -3.81. The van der Waals surface area contributed by atoms with Gasteiger partial charge < -0.3 is 20.6 Å². The molecule has 0 aliphatic heterocycles. The van der Waals surface area contributed by atoms with Gasteiger partial charge in [0, 0.05) is 22.7 Å². The normalized spacial score (nSPS) is 12.0. The minimum absolute atomic E-state index is 0.0934. The fraction of sp³-hybridized carbons (Fsp3) is 0.100. The fourth-order valence-corrected chi connectivity index (χ4v) is 3.61. The number of aromatic nitrogens is 3. The van der Waals surface area contributed by atoms with E-state index in [-0.39, 0.29) is 17.3 Å². The standard InChI is InChI=1S/C20H18FN5O2/c1-10-17(11(2)24-23-10)19-18(20(22)25-28)13-5-3-4-6-15(13)26(19)16-8-7-12(27)9-14(16)21/h3-9,27-28H,1-2H3,(H2,22,25)(H,23,24). The van der Waals surface area contributed by atoms with Crippen LogP contribution in [0.1, 0.15) is 17.0 Å². The highest BCUT2D eigenvalue weighted by Gasteiger charge is 2.26. The lowest BCUT2D eigenvalue weighted by molar-refractivity contribution is 0.318. The smallest absolute Gasteiger partial charge is 0.172 e. The first kappa shape index (κ1) is 17.6. The van der Waals surface area contributed by atoms with Gasteiger partial charge in [-0.1, -0.05) is 23.4 Å². The number of aryl methyl sites for hydroxylation is 2. The summed E-state index contributed by atoms with van der Waals surface area (Å²) in [5, 5.41) is 30.1. The lowest BCUT2D eigenvalue weighted by atomic mass is 10.0. The first-order valence-electron chi connectivity index (χ1n) is 8.56. The molecular weight excluding hydrogens is 361 g/mol. The molecule has 28 heavy (non-hydrogen) atoms. The summed E-state index contributed by atoms with van der Waals surface area (Å²) in [6, 6.07) is 11.2. The van der Waals surface area contributed by atoms with Crippen LogP contribution >= 0.6 is 0 Å². The van der Waals surface area contributed by atoms with Crippen LogP contribution in [0.15, 0.2) is 47.6 Å². The molecular formula is C20H18FN5O2. The Morgan fingerprint density at radius 3 is 2.61 bits per heavy atom. The lowest BCUT2D eigenvalue weighted by Crippen LogP contribution is -2.15. The second-order valence-corrected chi connectivity index (χ2v) is 6.51. The van der Waals surface area contributed by atoms with Gasteiger partial charge in [-0.25, -0.2) is 4.39 Å². The summed E-state index contributed by atoms with van der Waals surface area (Å²) in [7, 11) is 0. The van der Waals surface area contributed by atoms with Crippen molar-refractivity contribution < 1.29 is 14.7 Å². The summed E-state index contributed by atoms with van der Waals surface area (Å²) >= 11 is 0. The lowest BCUT2D eigenvalue weighted by Gasteiger charge is -2.14.